The minimum atomic E-state index is -3.47. The van der Waals surface area contributed by atoms with Crippen molar-refractivity contribution in [3.8, 4) is 0 Å². The molecule has 0 unspecified atom stereocenters. The topological polar surface area (TPSA) is 66.5 Å². The molecule has 5 nitrogen and oxygen atoms in total. The van der Waals surface area contributed by atoms with E-state index in [-0.39, 0.29) is 25.4 Å². The minimum Gasteiger partial charge on any atom is -0.354 e. The van der Waals surface area contributed by atoms with Gasteiger partial charge in [-0.15, -0.1) is 0 Å². The average Bonchev–Trinajstić information content (AvgIpc) is 2.52. The summed E-state index contributed by atoms with van der Waals surface area (Å²) in [6.07, 6.45) is 1.41. The molecule has 0 fully saturated rings. The normalized spacial score (nSPS) is 11.2. The Hall–Kier alpha value is -2.05. The first-order chi connectivity index (χ1) is 11.8. The van der Waals surface area contributed by atoms with E-state index < -0.39 is 10.0 Å². The zero-order valence-electron chi connectivity index (χ0n) is 14.2. The minimum absolute atomic E-state index is 0.146. The first-order valence-electron chi connectivity index (χ1n) is 7.82. The van der Waals surface area contributed by atoms with Crippen LogP contribution >= 0.6 is 11.6 Å². The van der Waals surface area contributed by atoms with E-state index in [0.29, 0.717) is 10.7 Å². The van der Waals surface area contributed by atoms with Crippen molar-refractivity contribution in [2.24, 2.45) is 0 Å². The van der Waals surface area contributed by atoms with E-state index in [0.717, 1.165) is 17.4 Å². The molecule has 1 amide bonds. The second-order valence-corrected chi connectivity index (χ2v) is 8.12. The van der Waals surface area contributed by atoms with Gasteiger partial charge in [0.1, 0.15) is 0 Å². The van der Waals surface area contributed by atoms with Gasteiger partial charge in [0.15, 0.2) is 0 Å². The smallest absolute Gasteiger partial charge is 0.232 e. The molecule has 0 aliphatic heterocycles. The highest BCUT2D eigenvalue weighted by atomic mass is 35.5. The lowest BCUT2D eigenvalue weighted by molar-refractivity contribution is -0.120. The van der Waals surface area contributed by atoms with Crippen LogP contribution in [0.2, 0.25) is 5.02 Å². The fourth-order valence-electron chi connectivity index (χ4n) is 2.50. The number of nitrogens with zero attached hydrogens (tertiary/aromatic N) is 1. The van der Waals surface area contributed by atoms with Crippen molar-refractivity contribution >= 4 is 33.2 Å². The van der Waals surface area contributed by atoms with E-state index >= 15 is 0 Å². The molecule has 0 radical (unpaired) electrons. The Morgan fingerprint density at radius 3 is 2.44 bits per heavy atom. The van der Waals surface area contributed by atoms with Gasteiger partial charge in [-0.25, -0.2) is 8.42 Å². The highest BCUT2D eigenvalue weighted by Gasteiger charge is 2.19. The number of rotatable bonds is 7. The number of halogens is 1. The summed E-state index contributed by atoms with van der Waals surface area (Å²) in [5.74, 6) is -0.146. The zero-order chi connectivity index (χ0) is 18.4. The molecule has 0 atom stereocenters. The summed E-state index contributed by atoms with van der Waals surface area (Å²) in [6.45, 7) is 2.18. The van der Waals surface area contributed by atoms with Crippen LogP contribution in [0.4, 0.5) is 5.69 Å². The predicted octanol–water partition coefficient (Wildman–Crippen LogP) is 2.77. The maximum absolute atomic E-state index is 12.1. The molecule has 0 bridgehead atoms. The lowest BCUT2D eigenvalue weighted by Gasteiger charge is -2.24. The molecule has 25 heavy (non-hydrogen) atoms. The van der Waals surface area contributed by atoms with E-state index in [1.165, 1.54) is 4.31 Å². The Bertz CT molecular complexity index is 839. The Balaban J connectivity index is 2.00. The van der Waals surface area contributed by atoms with Gasteiger partial charge in [0.25, 0.3) is 0 Å². The molecule has 0 heterocycles. The van der Waals surface area contributed by atoms with Gasteiger partial charge in [0.05, 0.1) is 24.9 Å². The van der Waals surface area contributed by atoms with Crippen LogP contribution in [0.25, 0.3) is 0 Å². The maximum atomic E-state index is 12.1. The molecule has 0 saturated heterocycles. The van der Waals surface area contributed by atoms with Crippen LogP contribution < -0.4 is 9.62 Å². The van der Waals surface area contributed by atoms with Crippen molar-refractivity contribution in [2.75, 3.05) is 23.7 Å². The molecule has 2 rings (SSSR count). The third-order valence-corrected chi connectivity index (χ3v) is 5.09. The van der Waals surface area contributed by atoms with Crippen molar-refractivity contribution < 1.29 is 13.2 Å². The standard InChI is InChI=1S/C18H21ClN2O3S/c1-14-12-16(19)8-9-17(14)21(25(2,23)24)11-10-20-18(22)13-15-6-4-3-5-7-15/h3-9,12H,10-11,13H2,1-2H3,(H,20,22). The number of aryl methyl sites for hydroxylation is 1. The third kappa shape index (κ3) is 5.76. The molecule has 0 aromatic heterocycles. The van der Waals surface area contributed by atoms with Crippen LogP contribution in [0.3, 0.4) is 0 Å². The molecule has 2 aromatic rings. The highest BCUT2D eigenvalue weighted by Crippen LogP contribution is 2.25. The molecular formula is C18H21ClN2O3S. The lowest BCUT2D eigenvalue weighted by Crippen LogP contribution is -2.38. The zero-order valence-corrected chi connectivity index (χ0v) is 15.8. The second kappa shape index (κ2) is 8.36. The number of nitrogens with one attached hydrogen (secondary N) is 1. The van der Waals surface area contributed by atoms with Crippen LogP contribution in [0.1, 0.15) is 11.1 Å². The summed E-state index contributed by atoms with van der Waals surface area (Å²) in [5, 5.41) is 3.31. The number of hydrogen-bond donors (Lipinski definition) is 1. The number of benzene rings is 2. The second-order valence-electron chi connectivity index (χ2n) is 5.78. The SMILES string of the molecule is Cc1cc(Cl)ccc1N(CCNC(=O)Cc1ccccc1)S(C)(=O)=O. The van der Waals surface area contributed by atoms with E-state index in [1.54, 1.807) is 25.1 Å². The summed E-state index contributed by atoms with van der Waals surface area (Å²) >= 11 is 5.93. The van der Waals surface area contributed by atoms with Crippen LogP contribution in [-0.2, 0) is 21.2 Å². The monoisotopic (exact) mass is 380 g/mol. The summed E-state index contributed by atoms with van der Waals surface area (Å²) in [6, 6.07) is 14.4. The molecule has 7 heteroatoms. The molecule has 0 saturated carbocycles. The molecule has 0 aliphatic carbocycles. The Morgan fingerprint density at radius 2 is 1.84 bits per heavy atom. The predicted molar refractivity (Wildman–Crippen MR) is 102 cm³/mol. The lowest BCUT2D eigenvalue weighted by atomic mass is 10.1. The average molecular weight is 381 g/mol. The fraction of sp³-hybridized carbons (Fsp3) is 0.278. The molecule has 1 N–H and O–H groups in total. The Morgan fingerprint density at radius 1 is 1.16 bits per heavy atom. The molecule has 134 valence electrons. The number of amides is 1. The van der Waals surface area contributed by atoms with E-state index in [1.807, 2.05) is 30.3 Å². The maximum Gasteiger partial charge on any atom is 0.232 e. The van der Waals surface area contributed by atoms with Gasteiger partial charge in [-0.3, -0.25) is 9.10 Å². The quantitative estimate of drug-likeness (QED) is 0.803. The fourth-order valence-corrected chi connectivity index (χ4v) is 3.72. The number of sulfonamides is 1. The van der Waals surface area contributed by atoms with Gasteiger partial charge in [-0.2, -0.15) is 0 Å². The van der Waals surface area contributed by atoms with Crippen molar-refractivity contribution in [1.82, 2.24) is 5.32 Å². The van der Waals surface area contributed by atoms with E-state index in [2.05, 4.69) is 5.32 Å². The van der Waals surface area contributed by atoms with Crippen molar-refractivity contribution in [2.45, 2.75) is 13.3 Å². The first kappa shape index (κ1) is 19.3. The number of anilines is 1. The highest BCUT2D eigenvalue weighted by molar-refractivity contribution is 7.92. The Kier molecular flexibility index (Phi) is 6.45. The van der Waals surface area contributed by atoms with Gasteiger partial charge in [0.2, 0.25) is 15.9 Å². The Labute approximate surface area is 153 Å². The van der Waals surface area contributed by atoms with Crippen LogP contribution in [0.15, 0.2) is 48.5 Å². The first-order valence-corrected chi connectivity index (χ1v) is 10.0. The third-order valence-electron chi connectivity index (χ3n) is 3.67. The van der Waals surface area contributed by atoms with Gasteiger partial charge in [0, 0.05) is 11.6 Å². The molecule has 0 spiro atoms. The number of carbonyl (C=O) groups is 1. The summed E-state index contributed by atoms with van der Waals surface area (Å²) in [4.78, 5) is 12.0. The van der Waals surface area contributed by atoms with Gasteiger partial charge in [-0.1, -0.05) is 41.9 Å². The molecular weight excluding hydrogens is 360 g/mol. The largest absolute Gasteiger partial charge is 0.354 e. The number of hydrogen-bond acceptors (Lipinski definition) is 3. The van der Waals surface area contributed by atoms with Crippen LogP contribution in [0, 0.1) is 6.92 Å². The van der Waals surface area contributed by atoms with Gasteiger partial charge in [-0.05, 0) is 36.2 Å². The van der Waals surface area contributed by atoms with Gasteiger partial charge >= 0.3 is 0 Å². The molecule has 0 aliphatic rings. The van der Waals surface area contributed by atoms with E-state index in [9.17, 15) is 13.2 Å². The van der Waals surface area contributed by atoms with Crippen molar-refractivity contribution in [3.05, 3.63) is 64.7 Å². The van der Waals surface area contributed by atoms with Crippen molar-refractivity contribution in [3.63, 3.8) is 0 Å². The number of carbonyl (C=O) groups excluding carboxylic acids is 1. The summed E-state index contributed by atoms with van der Waals surface area (Å²) in [7, 11) is -3.47. The van der Waals surface area contributed by atoms with Crippen LogP contribution in [0.5, 0.6) is 0 Å². The van der Waals surface area contributed by atoms with Crippen molar-refractivity contribution in [1.29, 1.82) is 0 Å². The summed E-state index contributed by atoms with van der Waals surface area (Å²) in [5.41, 5.74) is 2.23. The van der Waals surface area contributed by atoms with E-state index in [4.69, 9.17) is 11.6 Å². The molecule has 2 aromatic carbocycles. The summed E-state index contributed by atoms with van der Waals surface area (Å²) < 4.78 is 25.5. The van der Waals surface area contributed by atoms with Crippen LogP contribution in [-0.4, -0.2) is 33.7 Å². The van der Waals surface area contributed by atoms with Gasteiger partial charge < -0.3 is 5.32 Å².